The number of anilines is 2. The van der Waals surface area contributed by atoms with Crippen molar-refractivity contribution in [1.29, 1.82) is 0 Å². The summed E-state index contributed by atoms with van der Waals surface area (Å²) in [5, 5.41) is 5.77. The van der Waals surface area contributed by atoms with Gasteiger partial charge in [-0.25, -0.2) is 0 Å². The predicted molar refractivity (Wildman–Crippen MR) is 339 cm³/mol. The zero-order chi connectivity index (χ0) is 62.1. The number of amides is 4. The van der Waals surface area contributed by atoms with Crippen LogP contribution in [0.25, 0.3) is 44.3 Å². The van der Waals surface area contributed by atoms with Crippen LogP contribution < -0.4 is 10.2 Å². The maximum Gasteiger partial charge on any atom is 0.373 e. The number of nitrogens with zero attached hydrogens (tertiary/aromatic N) is 5. The first kappa shape index (κ1) is 65.8. The Morgan fingerprint density at radius 3 is 1.52 bits per heavy atom. The zero-order valence-electron chi connectivity index (χ0n) is 51.8. The van der Waals surface area contributed by atoms with Crippen molar-refractivity contribution in [1.82, 2.24) is 18.9 Å². The third-order valence-electron chi connectivity index (χ3n) is 18.5. The minimum atomic E-state index is -0.0134. The molecule has 6 aromatic rings. The number of likely N-dealkylation sites (tertiary alicyclic amines) is 2. The highest BCUT2D eigenvalue weighted by Crippen LogP contribution is 2.49. The number of nitrogens with one attached hydrogen (secondary N) is 1. The number of fused-ring (bicyclic) bond motifs is 10. The quantitative estimate of drug-likeness (QED) is 0.122. The van der Waals surface area contributed by atoms with E-state index in [-0.39, 0.29) is 54.9 Å². The van der Waals surface area contributed by atoms with Gasteiger partial charge in [-0.05, 0) is 173 Å². The van der Waals surface area contributed by atoms with Gasteiger partial charge in [-0.2, -0.15) is 19.2 Å². The minimum absolute atomic E-state index is 0.0134. The highest BCUT2D eigenvalue weighted by atomic mass is 35.5. The van der Waals surface area contributed by atoms with Crippen LogP contribution in [0.2, 0.25) is 0 Å². The van der Waals surface area contributed by atoms with Crippen LogP contribution in [0.4, 0.5) is 11.4 Å². The molecule has 17 heteroatoms. The number of rotatable bonds is 11. The highest BCUT2D eigenvalue weighted by Gasteiger charge is 2.36. The summed E-state index contributed by atoms with van der Waals surface area (Å²) in [5.74, 6) is 2.40. The van der Waals surface area contributed by atoms with E-state index in [0.29, 0.717) is 30.2 Å². The third kappa shape index (κ3) is 15.9. The van der Waals surface area contributed by atoms with E-state index < -0.39 is 0 Å². The fraction of sp³-hybridized carbons (Fsp3) is 0.514. The van der Waals surface area contributed by atoms with Gasteiger partial charge in [0, 0.05) is 86.5 Å². The Hall–Kier alpha value is -7.19. The van der Waals surface area contributed by atoms with Crippen LogP contribution in [-0.4, -0.2) is 121 Å². The van der Waals surface area contributed by atoms with Crippen molar-refractivity contribution >= 4 is 80.7 Å². The largest absolute Gasteiger partial charge is 0.385 e. The second kappa shape index (κ2) is 31.6. The Morgan fingerprint density at radius 1 is 0.563 bits per heavy atom. The molecule has 2 saturated heterocycles. The van der Waals surface area contributed by atoms with E-state index in [2.05, 4.69) is 115 Å². The first-order valence-electron chi connectivity index (χ1n) is 31.3. The average Bonchev–Trinajstić information content (AvgIpc) is 1.62. The molecule has 16 nitrogen and oxygen atoms in total. The maximum atomic E-state index is 14.1. The Balaban J connectivity index is 0.000000179. The van der Waals surface area contributed by atoms with E-state index in [4.69, 9.17) is 40.3 Å². The number of aromatic nitrogens is 2. The summed E-state index contributed by atoms with van der Waals surface area (Å²) in [4.78, 5) is 90.0. The van der Waals surface area contributed by atoms with Gasteiger partial charge >= 0.3 is 12.3 Å². The number of hydrogen-bond donors (Lipinski definition) is 1. The summed E-state index contributed by atoms with van der Waals surface area (Å²) >= 11 is 5.52. The van der Waals surface area contributed by atoms with Gasteiger partial charge in [0.1, 0.15) is 25.5 Å². The summed E-state index contributed by atoms with van der Waals surface area (Å²) in [7, 11) is 3.45. The van der Waals surface area contributed by atoms with Gasteiger partial charge in [0.25, 0.3) is 0 Å². The van der Waals surface area contributed by atoms with Crippen LogP contribution in [-0.2, 0) is 60.9 Å². The second-order valence-electron chi connectivity index (χ2n) is 24.6. The van der Waals surface area contributed by atoms with Crippen LogP contribution in [0.15, 0.2) is 72.8 Å². The van der Waals surface area contributed by atoms with Gasteiger partial charge in [-0.3, -0.25) is 19.2 Å². The molecule has 1 N–H and O–H groups in total. The van der Waals surface area contributed by atoms with E-state index in [9.17, 15) is 19.2 Å². The van der Waals surface area contributed by atoms with Gasteiger partial charge in [0.2, 0.25) is 23.6 Å². The molecule has 0 radical (unpaired) electrons. The van der Waals surface area contributed by atoms with Crippen molar-refractivity contribution < 1.29 is 47.8 Å². The summed E-state index contributed by atoms with van der Waals surface area (Å²) in [5.41, 5.74) is 16.4. The van der Waals surface area contributed by atoms with Crippen LogP contribution in [0, 0.1) is 39.5 Å². The SMILES string of the molecule is COCC[C@@H]1CCCN(C(=O)CCl)C1.COCC[C@@H]1CCCN(C(=O)CN2C(=O)Cn3c(c(C4CCCCC4)c4ccc(C)cc43)-c3ccc(C)cc32)C1.Cc1ccc2c(c1)NC(=O)Cn1c-2c(C2CCCCC2)c2ccc(C)cc21.O=C=O.O=C=O. The number of alkyl halides is 1. The number of aryl methyl sites for hydroxylation is 4. The number of piperidine rings is 2. The molecule has 12 rings (SSSR count). The normalized spacial score (nSPS) is 18.4. The van der Waals surface area contributed by atoms with Crippen LogP contribution in [0.3, 0.4) is 0 Å². The number of carbonyl (C=O) groups excluding carboxylic acids is 8. The fourth-order valence-corrected chi connectivity index (χ4v) is 14.5. The summed E-state index contributed by atoms with van der Waals surface area (Å²) in [6.07, 6.45) is 19.6. The number of benzene rings is 4. The number of methoxy groups -OCH3 is 2. The lowest BCUT2D eigenvalue weighted by atomic mass is 9.81. The van der Waals surface area contributed by atoms with Gasteiger partial charge < -0.3 is 38.6 Å². The van der Waals surface area contributed by atoms with Crippen molar-refractivity contribution in [3.63, 3.8) is 0 Å². The zero-order valence-corrected chi connectivity index (χ0v) is 52.6. The maximum absolute atomic E-state index is 14.1. The van der Waals surface area contributed by atoms with E-state index in [1.165, 1.54) is 132 Å². The molecule has 2 atom stereocenters. The van der Waals surface area contributed by atoms with E-state index in [1.807, 2.05) is 9.80 Å². The molecule has 2 aliphatic carbocycles. The Bertz CT molecular complexity index is 3440. The van der Waals surface area contributed by atoms with Crippen LogP contribution >= 0.6 is 11.6 Å². The van der Waals surface area contributed by atoms with Crippen molar-refractivity contribution in [2.45, 2.75) is 155 Å². The topological polar surface area (TPSA) is 187 Å². The molecule has 6 aliphatic rings. The number of hydrogen-bond acceptors (Lipinski definition) is 10. The lowest BCUT2D eigenvalue weighted by Gasteiger charge is -2.34. The van der Waals surface area contributed by atoms with Crippen LogP contribution in [0.1, 0.15) is 148 Å². The highest BCUT2D eigenvalue weighted by molar-refractivity contribution is 6.27. The third-order valence-corrected chi connectivity index (χ3v) is 18.7. The molecule has 87 heavy (non-hydrogen) atoms. The monoisotopic (exact) mass is 1210 g/mol. The summed E-state index contributed by atoms with van der Waals surface area (Å²) in [6.45, 7) is 13.9. The number of ether oxygens (including phenoxy) is 2. The van der Waals surface area contributed by atoms with E-state index in [1.54, 1.807) is 19.1 Å². The molecule has 6 heterocycles. The van der Waals surface area contributed by atoms with Crippen molar-refractivity contribution in [3.05, 3.63) is 106 Å². The van der Waals surface area contributed by atoms with Crippen molar-refractivity contribution in [2.24, 2.45) is 11.8 Å². The van der Waals surface area contributed by atoms with Gasteiger partial charge in [0.15, 0.2) is 0 Å². The molecular weight excluding hydrogens is 1120 g/mol. The Morgan fingerprint density at radius 2 is 1.01 bits per heavy atom. The first-order valence-corrected chi connectivity index (χ1v) is 31.9. The first-order chi connectivity index (χ1) is 42.2. The molecule has 2 saturated carbocycles. The van der Waals surface area contributed by atoms with Gasteiger partial charge in [-0.15, -0.1) is 11.6 Å². The predicted octanol–water partition coefficient (Wildman–Crippen LogP) is 12.9. The van der Waals surface area contributed by atoms with Crippen molar-refractivity contribution in [2.75, 3.05) is 76.3 Å². The average molecular weight is 1210 g/mol. The Labute approximate surface area is 517 Å². The van der Waals surface area contributed by atoms with E-state index >= 15 is 0 Å². The van der Waals surface area contributed by atoms with Crippen LogP contribution in [0.5, 0.6) is 0 Å². The number of halogens is 1. The molecule has 4 aromatic carbocycles. The standard InChI is InChI=1S/C34H43N3O3.C24H26N2O.C10H18ClNO2.2CO2/c1-23-11-13-27-29(18-23)37-22-32(39)36(21-31(38)35-16-7-8-25(20-35)15-17-40-3)30-19-24(2)12-14-28(30)34(37)33(27)26-9-5-4-6-10-26;1-15-8-10-18-20(12-15)25-22(27)14-26-21-13-16(2)9-11-19(21)23(24(18)26)17-6-4-3-5-7-17;1-14-6-4-9-3-2-5-12(8-9)10(13)7-11;2*2-1-3/h11-14,18-19,25-26H,4-10,15-17,20-22H2,1-3H3;8-13,17H,3-7,14H2,1-2H3,(H,25,27);9H,2-8H2,1H3;;/t25-;;9-;;/m0.0../s1. The Kier molecular flexibility index (Phi) is 23.9. The van der Waals surface area contributed by atoms with Gasteiger partial charge in [0.05, 0.1) is 22.8 Å². The fourth-order valence-electron chi connectivity index (χ4n) is 14.3. The minimum Gasteiger partial charge on any atom is -0.385 e. The molecule has 0 unspecified atom stereocenters. The van der Waals surface area contributed by atoms with Gasteiger partial charge in [-0.1, -0.05) is 87.1 Å². The number of carbonyl (C=O) groups is 4. The summed E-state index contributed by atoms with van der Waals surface area (Å²) < 4.78 is 14.9. The van der Waals surface area contributed by atoms with Crippen molar-refractivity contribution in [3.8, 4) is 22.5 Å². The molecule has 0 spiro atoms. The molecule has 4 aliphatic heterocycles. The summed E-state index contributed by atoms with van der Waals surface area (Å²) in [6, 6.07) is 26.4. The molecule has 464 valence electrons. The molecule has 0 bridgehead atoms. The lowest BCUT2D eigenvalue weighted by molar-refractivity contribution is -0.193. The van der Waals surface area contributed by atoms with E-state index in [0.717, 1.165) is 99.5 Å². The molecular formula is C70H87ClN6O10. The smallest absolute Gasteiger partial charge is 0.373 e. The molecule has 2 aromatic heterocycles. The molecule has 4 amide bonds. The lowest BCUT2D eigenvalue weighted by Crippen LogP contribution is -2.47. The molecule has 4 fully saturated rings. The second-order valence-corrected chi connectivity index (χ2v) is 24.8.